The van der Waals surface area contributed by atoms with Crippen molar-refractivity contribution in [2.75, 3.05) is 5.75 Å². The zero-order chi connectivity index (χ0) is 21.8. The smallest absolute Gasteiger partial charge is 0.270 e. The van der Waals surface area contributed by atoms with Crippen LogP contribution >= 0.6 is 39.0 Å². The minimum absolute atomic E-state index is 0.0182. The number of nitrogens with one attached hydrogen (secondary N) is 1. The molecular formula is C20H13BrN4O4S2. The molecule has 4 rings (SSSR count). The van der Waals surface area contributed by atoms with Gasteiger partial charge in [-0.05, 0) is 46.3 Å². The van der Waals surface area contributed by atoms with Crippen LogP contribution in [-0.2, 0) is 4.79 Å². The maximum atomic E-state index is 12.0. The number of amides is 1. The molecule has 0 saturated heterocycles. The first-order valence-electron chi connectivity index (χ1n) is 8.84. The quantitative estimate of drug-likeness (QED) is 0.151. The summed E-state index contributed by atoms with van der Waals surface area (Å²) in [7, 11) is 0. The Hall–Kier alpha value is -3.02. The van der Waals surface area contributed by atoms with Gasteiger partial charge in [-0.3, -0.25) is 14.9 Å². The van der Waals surface area contributed by atoms with Crippen LogP contribution in [0.1, 0.15) is 5.76 Å². The summed E-state index contributed by atoms with van der Waals surface area (Å²) in [4.78, 5) is 26.9. The predicted octanol–water partition coefficient (Wildman–Crippen LogP) is 5.47. The number of nitro benzene ring substituents is 1. The highest BCUT2D eigenvalue weighted by molar-refractivity contribution is 9.10. The van der Waals surface area contributed by atoms with Crippen molar-refractivity contribution >= 4 is 67.1 Å². The van der Waals surface area contributed by atoms with Crippen molar-refractivity contribution in [3.63, 3.8) is 0 Å². The summed E-state index contributed by atoms with van der Waals surface area (Å²) in [5, 5.41) is 14.8. The summed E-state index contributed by atoms with van der Waals surface area (Å²) in [6.45, 7) is 0. The minimum Gasteiger partial charge on any atom is -0.455 e. The number of para-hydroxylation sites is 1. The van der Waals surface area contributed by atoms with Crippen molar-refractivity contribution in [3.8, 4) is 11.3 Å². The monoisotopic (exact) mass is 516 g/mol. The van der Waals surface area contributed by atoms with Crippen LogP contribution in [0.2, 0.25) is 0 Å². The van der Waals surface area contributed by atoms with E-state index >= 15 is 0 Å². The van der Waals surface area contributed by atoms with E-state index in [-0.39, 0.29) is 17.3 Å². The number of thioether (sulfide) groups is 1. The number of nitro groups is 1. The molecule has 0 aliphatic rings. The molecule has 0 aliphatic carbocycles. The second-order valence-electron chi connectivity index (χ2n) is 6.15. The molecule has 0 radical (unpaired) electrons. The maximum absolute atomic E-state index is 12.0. The van der Waals surface area contributed by atoms with Crippen LogP contribution in [0.3, 0.4) is 0 Å². The highest BCUT2D eigenvalue weighted by Crippen LogP contribution is 2.32. The lowest BCUT2D eigenvalue weighted by atomic mass is 10.1. The Balaban J connectivity index is 1.32. The Morgan fingerprint density at radius 3 is 2.90 bits per heavy atom. The number of carbonyl (C=O) groups excluding carboxylic acids is 1. The Bertz CT molecular complexity index is 1270. The molecule has 2 aromatic carbocycles. The van der Waals surface area contributed by atoms with Gasteiger partial charge in [-0.1, -0.05) is 23.9 Å². The number of hydrazone groups is 1. The predicted molar refractivity (Wildman–Crippen MR) is 125 cm³/mol. The normalized spacial score (nSPS) is 11.3. The van der Waals surface area contributed by atoms with E-state index in [0.717, 1.165) is 14.6 Å². The molecule has 1 amide bonds. The Labute approximate surface area is 192 Å². The second kappa shape index (κ2) is 9.41. The van der Waals surface area contributed by atoms with Crippen molar-refractivity contribution in [3.05, 3.63) is 74.9 Å². The summed E-state index contributed by atoms with van der Waals surface area (Å²) in [5.41, 5.74) is 4.03. The minimum atomic E-state index is -0.466. The fourth-order valence-corrected chi connectivity index (χ4v) is 5.05. The molecular weight excluding hydrogens is 504 g/mol. The number of rotatable bonds is 7. The van der Waals surface area contributed by atoms with Crippen LogP contribution in [0.15, 0.2) is 72.9 Å². The maximum Gasteiger partial charge on any atom is 0.270 e. The van der Waals surface area contributed by atoms with E-state index in [0.29, 0.717) is 21.6 Å². The van der Waals surface area contributed by atoms with Crippen LogP contribution in [0, 0.1) is 10.1 Å². The van der Waals surface area contributed by atoms with Gasteiger partial charge in [0.1, 0.15) is 11.5 Å². The number of carbonyl (C=O) groups is 1. The van der Waals surface area contributed by atoms with E-state index in [1.165, 1.54) is 30.1 Å². The number of benzene rings is 2. The van der Waals surface area contributed by atoms with Gasteiger partial charge in [-0.25, -0.2) is 10.4 Å². The van der Waals surface area contributed by atoms with Gasteiger partial charge in [0.05, 0.1) is 27.1 Å². The number of hydrogen-bond donors (Lipinski definition) is 1. The topological polar surface area (TPSA) is 111 Å². The molecule has 0 aliphatic heterocycles. The fourth-order valence-electron chi connectivity index (χ4n) is 2.62. The van der Waals surface area contributed by atoms with Gasteiger partial charge in [-0.15, -0.1) is 11.3 Å². The summed E-state index contributed by atoms with van der Waals surface area (Å²) in [6.07, 6.45) is 1.39. The van der Waals surface area contributed by atoms with Gasteiger partial charge < -0.3 is 4.42 Å². The number of aromatic nitrogens is 1. The van der Waals surface area contributed by atoms with Gasteiger partial charge in [0.15, 0.2) is 4.34 Å². The molecule has 31 heavy (non-hydrogen) atoms. The number of fused-ring (bicyclic) bond motifs is 1. The number of hydrogen-bond acceptors (Lipinski definition) is 8. The third-order valence-corrected chi connectivity index (χ3v) is 6.87. The van der Waals surface area contributed by atoms with Crippen molar-refractivity contribution in [2.24, 2.45) is 5.10 Å². The van der Waals surface area contributed by atoms with Gasteiger partial charge in [0, 0.05) is 22.2 Å². The van der Waals surface area contributed by atoms with Gasteiger partial charge >= 0.3 is 0 Å². The standard InChI is InChI=1S/C20H13BrN4O4S2/c21-15-9-12(25(27)28)5-7-14(15)17-8-6-13(29-17)10-22-24-19(26)11-30-20-23-16-3-1-2-4-18(16)31-20/h1-10H,11H2,(H,24,26)/b22-10+. The number of nitrogens with zero attached hydrogens (tertiary/aromatic N) is 3. The first kappa shape index (κ1) is 21.2. The first-order valence-corrected chi connectivity index (χ1v) is 11.4. The summed E-state index contributed by atoms with van der Waals surface area (Å²) >= 11 is 6.21. The Morgan fingerprint density at radius 2 is 2.13 bits per heavy atom. The molecule has 11 heteroatoms. The van der Waals surface area contributed by atoms with E-state index in [4.69, 9.17) is 4.42 Å². The van der Waals surface area contributed by atoms with Crippen LogP contribution in [0.5, 0.6) is 0 Å². The van der Waals surface area contributed by atoms with E-state index in [1.807, 2.05) is 24.3 Å². The Kier molecular flexibility index (Phi) is 6.44. The SMILES string of the molecule is O=C(CSc1nc2ccccc2s1)N/N=C/c1ccc(-c2ccc([N+](=O)[O-])cc2Br)o1. The third-order valence-electron chi connectivity index (χ3n) is 4.04. The second-order valence-corrected chi connectivity index (χ2v) is 9.26. The number of halogens is 1. The average molecular weight is 517 g/mol. The summed E-state index contributed by atoms with van der Waals surface area (Å²) < 4.78 is 8.13. The van der Waals surface area contributed by atoms with Gasteiger partial charge in [0.2, 0.25) is 0 Å². The number of furan rings is 1. The lowest BCUT2D eigenvalue weighted by molar-refractivity contribution is -0.384. The zero-order valence-corrected chi connectivity index (χ0v) is 18.9. The average Bonchev–Trinajstić information content (AvgIpc) is 3.38. The van der Waals surface area contributed by atoms with Crippen LogP contribution in [-0.4, -0.2) is 27.8 Å². The molecule has 1 N–H and O–H groups in total. The van der Waals surface area contributed by atoms with E-state index in [2.05, 4.69) is 31.4 Å². The zero-order valence-electron chi connectivity index (χ0n) is 15.6. The summed E-state index contributed by atoms with van der Waals surface area (Å²) in [5.74, 6) is 0.877. The molecule has 0 fully saturated rings. The van der Waals surface area contributed by atoms with Gasteiger partial charge in [-0.2, -0.15) is 5.10 Å². The molecule has 0 unspecified atom stereocenters. The fraction of sp³-hybridized carbons (Fsp3) is 0.0500. The van der Waals surface area contributed by atoms with E-state index < -0.39 is 4.92 Å². The van der Waals surface area contributed by atoms with E-state index in [1.54, 1.807) is 29.5 Å². The molecule has 156 valence electrons. The molecule has 4 aromatic rings. The van der Waals surface area contributed by atoms with Crippen molar-refractivity contribution < 1.29 is 14.1 Å². The van der Waals surface area contributed by atoms with Crippen LogP contribution in [0.25, 0.3) is 21.5 Å². The van der Waals surface area contributed by atoms with Crippen LogP contribution < -0.4 is 5.43 Å². The third kappa shape index (κ3) is 5.19. The Morgan fingerprint density at radius 1 is 1.29 bits per heavy atom. The highest BCUT2D eigenvalue weighted by Gasteiger charge is 2.13. The largest absolute Gasteiger partial charge is 0.455 e. The van der Waals surface area contributed by atoms with Crippen molar-refractivity contribution in [1.82, 2.24) is 10.4 Å². The number of non-ortho nitro benzene ring substituents is 1. The van der Waals surface area contributed by atoms with Crippen LogP contribution in [0.4, 0.5) is 5.69 Å². The molecule has 2 heterocycles. The highest BCUT2D eigenvalue weighted by atomic mass is 79.9. The number of thiazole rings is 1. The molecule has 0 spiro atoms. The van der Waals surface area contributed by atoms with Gasteiger partial charge in [0.25, 0.3) is 11.6 Å². The lowest BCUT2D eigenvalue weighted by Crippen LogP contribution is -2.19. The van der Waals surface area contributed by atoms with E-state index in [9.17, 15) is 14.9 Å². The summed E-state index contributed by atoms with van der Waals surface area (Å²) in [6, 6.07) is 15.6. The molecule has 0 saturated carbocycles. The van der Waals surface area contributed by atoms with Crippen molar-refractivity contribution in [2.45, 2.75) is 4.34 Å². The molecule has 2 aromatic heterocycles. The van der Waals surface area contributed by atoms with Crippen molar-refractivity contribution in [1.29, 1.82) is 0 Å². The molecule has 0 bridgehead atoms. The first-order chi connectivity index (χ1) is 15.0. The molecule has 8 nitrogen and oxygen atoms in total. The lowest BCUT2D eigenvalue weighted by Gasteiger charge is -2.00. The molecule has 0 atom stereocenters.